The number of benzene rings is 1. The van der Waals surface area contributed by atoms with E-state index in [0.717, 1.165) is 5.56 Å². The van der Waals surface area contributed by atoms with Crippen LogP contribution < -0.4 is 10.6 Å². The van der Waals surface area contributed by atoms with E-state index in [9.17, 15) is 4.79 Å². The minimum Gasteiger partial charge on any atom is -0.452 e. The average Bonchev–Trinajstić information content (AvgIpc) is 2.51. The largest absolute Gasteiger partial charge is 0.452 e. The predicted octanol–water partition coefficient (Wildman–Crippen LogP) is 2.52. The highest BCUT2D eigenvalue weighted by Crippen LogP contribution is 2.32. The van der Waals surface area contributed by atoms with Crippen LogP contribution in [-0.2, 0) is 4.74 Å². The van der Waals surface area contributed by atoms with Crippen LogP contribution in [0.3, 0.4) is 0 Å². The second-order valence-electron chi connectivity index (χ2n) is 5.14. The van der Waals surface area contributed by atoms with Crippen molar-refractivity contribution in [2.45, 2.75) is 25.8 Å². The Balaban J connectivity index is 2.53. The summed E-state index contributed by atoms with van der Waals surface area (Å²) in [6.07, 6.45) is 3.01. The lowest BCUT2D eigenvalue weighted by atomic mass is 9.96. The van der Waals surface area contributed by atoms with Gasteiger partial charge >= 0.3 is 6.09 Å². The van der Waals surface area contributed by atoms with Gasteiger partial charge in [-0.15, -0.1) is 0 Å². The Hall–Kier alpha value is -2.50. The Kier molecular flexibility index (Phi) is 4.16. The highest BCUT2D eigenvalue weighted by atomic mass is 16.5. The summed E-state index contributed by atoms with van der Waals surface area (Å²) in [5, 5.41) is 11.9. The third kappa shape index (κ3) is 2.69. The molecule has 1 aromatic rings. The summed E-state index contributed by atoms with van der Waals surface area (Å²) in [6, 6.07) is 5.17. The van der Waals surface area contributed by atoms with Gasteiger partial charge in [0.1, 0.15) is 6.04 Å². The molecule has 0 radical (unpaired) electrons. The maximum atomic E-state index is 12.1. The van der Waals surface area contributed by atoms with E-state index in [0.29, 0.717) is 11.6 Å². The molecule has 3 N–H and O–H groups in total. The molecule has 0 spiro atoms. The van der Waals surface area contributed by atoms with Gasteiger partial charge in [-0.1, -0.05) is 37.2 Å². The minimum absolute atomic E-state index is 0.0739. The van der Waals surface area contributed by atoms with Gasteiger partial charge < -0.3 is 15.7 Å². The maximum Gasteiger partial charge on any atom is 0.414 e. The summed E-state index contributed by atoms with van der Waals surface area (Å²) in [5.41, 5.74) is 8.41. The van der Waals surface area contributed by atoms with Crippen molar-refractivity contribution in [1.29, 1.82) is 0 Å². The second-order valence-corrected chi connectivity index (χ2v) is 5.14. The van der Waals surface area contributed by atoms with Crippen molar-refractivity contribution in [2.75, 3.05) is 12.0 Å². The number of amides is 1. The number of oxime groups is 1. The first-order valence-corrected chi connectivity index (χ1v) is 6.66. The third-order valence-electron chi connectivity index (χ3n) is 3.50. The van der Waals surface area contributed by atoms with Crippen LogP contribution >= 0.6 is 0 Å². The minimum atomic E-state index is -0.667. The van der Waals surface area contributed by atoms with E-state index in [1.54, 1.807) is 6.08 Å². The van der Waals surface area contributed by atoms with E-state index in [4.69, 9.17) is 15.7 Å². The number of rotatable bonds is 2. The summed E-state index contributed by atoms with van der Waals surface area (Å²) in [4.78, 5) is 13.4. The molecule has 6 nitrogen and oxygen atoms in total. The second kappa shape index (κ2) is 5.87. The maximum absolute atomic E-state index is 12.1. The van der Waals surface area contributed by atoms with Gasteiger partial charge in [-0.05, 0) is 29.2 Å². The molecular weight excluding hydrogens is 270 g/mol. The number of ether oxygens (including phenoxy) is 1. The zero-order valence-electron chi connectivity index (χ0n) is 12.3. The van der Waals surface area contributed by atoms with Crippen molar-refractivity contribution in [1.82, 2.24) is 0 Å². The summed E-state index contributed by atoms with van der Waals surface area (Å²) in [5.74, 6) is 0.312. The Morgan fingerprint density at radius 2 is 2.19 bits per heavy atom. The van der Waals surface area contributed by atoms with Crippen molar-refractivity contribution in [3.8, 4) is 0 Å². The van der Waals surface area contributed by atoms with Gasteiger partial charge in [0.25, 0.3) is 0 Å². The number of anilines is 1. The van der Waals surface area contributed by atoms with Gasteiger partial charge in [-0.25, -0.2) is 4.79 Å². The smallest absolute Gasteiger partial charge is 0.414 e. The van der Waals surface area contributed by atoms with E-state index < -0.39 is 12.1 Å². The van der Waals surface area contributed by atoms with Gasteiger partial charge in [0.15, 0.2) is 5.84 Å². The number of carbonyl (C=O) groups is 1. The first kappa shape index (κ1) is 14.9. The lowest BCUT2D eigenvalue weighted by Crippen LogP contribution is -2.48. The molecular formula is C15H19N3O3. The summed E-state index contributed by atoms with van der Waals surface area (Å²) in [6.45, 7) is 4.21. The number of nitrogens with zero attached hydrogens (tertiary/aromatic N) is 2. The topological polar surface area (TPSA) is 88.2 Å². The number of nitrogens with two attached hydrogens (primary N) is 1. The average molecular weight is 289 g/mol. The van der Waals surface area contributed by atoms with E-state index >= 15 is 0 Å². The molecule has 0 fully saturated rings. The number of amidine groups is 1. The molecule has 1 atom stereocenters. The van der Waals surface area contributed by atoms with E-state index in [1.165, 1.54) is 17.6 Å². The van der Waals surface area contributed by atoms with Crippen molar-refractivity contribution < 1.29 is 14.7 Å². The first-order chi connectivity index (χ1) is 9.99. The van der Waals surface area contributed by atoms with Crippen LogP contribution in [0.4, 0.5) is 10.5 Å². The molecule has 0 aromatic heterocycles. The molecule has 0 saturated carbocycles. The van der Waals surface area contributed by atoms with Crippen LogP contribution in [0.5, 0.6) is 0 Å². The normalized spacial score (nSPS) is 17.8. The predicted molar refractivity (Wildman–Crippen MR) is 81.6 cm³/mol. The number of fused-ring (bicyclic) bond motifs is 1. The quantitative estimate of drug-likeness (QED) is 0.379. The number of methoxy groups -OCH3 is 1. The standard InChI is InChI=1S/C15H19N3O3/c1-9(2)10-4-6-12-11(8-10)5-7-13(14(16)17-20)18(12)15(19)21-3/h4-9,13,20H,1-3H3,(H2,16,17)/t13-/m1/s1. The van der Waals surface area contributed by atoms with E-state index in [2.05, 4.69) is 19.0 Å². The zero-order valence-corrected chi connectivity index (χ0v) is 12.3. The molecule has 0 saturated heterocycles. The van der Waals surface area contributed by atoms with Crippen LogP contribution in [0.15, 0.2) is 29.4 Å². The third-order valence-corrected chi connectivity index (χ3v) is 3.50. The number of carbonyl (C=O) groups excluding carboxylic acids is 1. The molecule has 0 bridgehead atoms. The van der Waals surface area contributed by atoms with Crippen molar-refractivity contribution in [3.05, 3.63) is 35.4 Å². The van der Waals surface area contributed by atoms with Crippen molar-refractivity contribution in [3.63, 3.8) is 0 Å². The monoisotopic (exact) mass is 289 g/mol. The first-order valence-electron chi connectivity index (χ1n) is 6.66. The molecule has 1 heterocycles. The lowest BCUT2D eigenvalue weighted by Gasteiger charge is -2.32. The summed E-state index contributed by atoms with van der Waals surface area (Å²) in [7, 11) is 1.30. The van der Waals surface area contributed by atoms with Gasteiger partial charge in [-0.2, -0.15) is 0 Å². The molecule has 1 amide bonds. The fourth-order valence-corrected chi connectivity index (χ4v) is 2.32. The fourth-order valence-electron chi connectivity index (χ4n) is 2.32. The van der Waals surface area contributed by atoms with E-state index in [1.807, 2.05) is 24.3 Å². The number of hydrogen-bond donors (Lipinski definition) is 2. The van der Waals surface area contributed by atoms with E-state index in [-0.39, 0.29) is 5.84 Å². The number of hydrogen-bond acceptors (Lipinski definition) is 4. The van der Waals surface area contributed by atoms with Gasteiger partial charge in [0.05, 0.1) is 12.8 Å². The Morgan fingerprint density at radius 1 is 1.48 bits per heavy atom. The van der Waals surface area contributed by atoms with Crippen LogP contribution in [0.25, 0.3) is 6.08 Å². The van der Waals surface area contributed by atoms with Crippen molar-refractivity contribution >= 4 is 23.7 Å². The molecule has 1 aromatic carbocycles. The molecule has 6 heteroatoms. The molecule has 0 aliphatic carbocycles. The molecule has 112 valence electrons. The van der Waals surface area contributed by atoms with Crippen LogP contribution in [-0.4, -0.2) is 30.3 Å². The SMILES string of the molecule is COC(=O)N1c2ccc(C(C)C)cc2C=C[C@@H]1/C(N)=N/O. The van der Waals surface area contributed by atoms with Gasteiger partial charge in [0, 0.05) is 0 Å². The van der Waals surface area contributed by atoms with Gasteiger partial charge in [0.2, 0.25) is 0 Å². The Morgan fingerprint density at radius 3 is 2.76 bits per heavy atom. The fraction of sp³-hybridized carbons (Fsp3) is 0.333. The lowest BCUT2D eigenvalue weighted by molar-refractivity contribution is 0.178. The summed E-state index contributed by atoms with van der Waals surface area (Å²) >= 11 is 0. The molecule has 21 heavy (non-hydrogen) atoms. The Bertz CT molecular complexity index is 608. The Labute approximate surface area is 123 Å². The molecule has 0 unspecified atom stereocenters. The van der Waals surface area contributed by atoms with Crippen molar-refractivity contribution in [2.24, 2.45) is 10.9 Å². The summed E-state index contributed by atoms with van der Waals surface area (Å²) < 4.78 is 4.81. The van der Waals surface area contributed by atoms with Crippen LogP contribution in [0, 0.1) is 0 Å². The highest BCUT2D eigenvalue weighted by Gasteiger charge is 2.31. The highest BCUT2D eigenvalue weighted by molar-refractivity contribution is 6.03. The van der Waals surface area contributed by atoms with Crippen LogP contribution in [0.1, 0.15) is 30.9 Å². The van der Waals surface area contributed by atoms with Gasteiger partial charge in [-0.3, -0.25) is 4.90 Å². The van der Waals surface area contributed by atoms with Crippen LogP contribution in [0.2, 0.25) is 0 Å². The molecule has 2 rings (SSSR count). The zero-order chi connectivity index (χ0) is 15.6. The molecule has 1 aliphatic heterocycles. The molecule has 1 aliphatic rings.